The Morgan fingerprint density at radius 2 is 1.44 bits per heavy atom. The van der Waals surface area contributed by atoms with E-state index in [9.17, 15) is 22.4 Å². The first-order chi connectivity index (χ1) is 16.1. The highest BCUT2D eigenvalue weighted by Gasteiger charge is 2.17. The van der Waals surface area contributed by atoms with E-state index in [-0.39, 0.29) is 11.4 Å². The zero-order valence-corrected chi connectivity index (χ0v) is 19.5. The number of halogens is 1. The Labute approximate surface area is 197 Å². The zero-order chi connectivity index (χ0) is 24.7. The van der Waals surface area contributed by atoms with Gasteiger partial charge in [0.1, 0.15) is 5.82 Å². The number of hydrogen-bond donors (Lipinski definition) is 4. The second-order valence-electron chi connectivity index (χ2n) is 7.66. The van der Waals surface area contributed by atoms with Crippen LogP contribution in [0.4, 0.5) is 25.4 Å². The van der Waals surface area contributed by atoms with Crippen LogP contribution in [0.2, 0.25) is 0 Å². The van der Waals surface area contributed by atoms with Crippen LogP contribution in [0.15, 0.2) is 71.6 Å². The summed E-state index contributed by atoms with van der Waals surface area (Å²) in [5, 5.41) is 7.72. The quantitative estimate of drug-likeness (QED) is 0.400. The van der Waals surface area contributed by atoms with Gasteiger partial charge in [-0.25, -0.2) is 27.1 Å². The molecule has 8 nitrogen and oxygen atoms in total. The first-order valence-corrected chi connectivity index (χ1v) is 11.9. The molecule has 0 spiro atoms. The summed E-state index contributed by atoms with van der Waals surface area (Å²) in [6.45, 7) is 3.68. The molecule has 0 heterocycles. The smallest absolute Gasteiger partial charge is 0.328 e. The highest BCUT2D eigenvalue weighted by Crippen LogP contribution is 2.15. The molecule has 3 aromatic rings. The molecule has 0 saturated carbocycles. The average Bonchev–Trinajstić information content (AvgIpc) is 2.77. The zero-order valence-electron chi connectivity index (χ0n) is 18.7. The van der Waals surface area contributed by atoms with E-state index in [1.54, 1.807) is 55.5 Å². The van der Waals surface area contributed by atoms with Crippen molar-refractivity contribution in [3.63, 3.8) is 0 Å². The largest absolute Gasteiger partial charge is 0.337 e. The molecular weight excluding hydrogens is 459 g/mol. The summed E-state index contributed by atoms with van der Waals surface area (Å²) in [7, 11) is -3.94. The van der Waals surface area contributed by atoms with Gasteiger partial charge in [0.05, 0.1) is 4.90 Å². The van der Waals surface area contributed by atoms with Crippen molar-refractivity contribution in [2.24, 2.45) is 0 Å². The van der Waals surface area contributed by atoms with Gasteiger partial charge in [0.15, 0.2) is 0 Å². The number of nitrogens with one attached hydrogen (secondary N) is 4. The summed E-state index contributed by atoms with van der Waals surface area (Å²) in [5.41, 5.74) is 3.14. The summed E-state index contributed by atoms with van der Waals surface area (Å²) >= 11 is 0. The number of benzene rings is 3. The fourth-order valence-corrected chi connectivity index (χ4v) is 3.90. The average molecular weight is 485 g/mol. The number of carbonyl (C=O) groups is 2. The molecule has 0 aliphatic heterocycles. The number of hydrogen-bond acceptors (Lipinski definition) is 4. The lowest BCUT2D eigenvalue weighted by Crippen LogP contribution is -2.40. The molecule has 0 atom stereocenters. The second kappa shape index (κ2) is 10.8. The number of aryl methyl sites for hydroxylation is 2. The van der Waals surface area contributed by atoms with Crippen LogP contribution >= 0.6 is 0 Å². The summed E-state index contributed by atoms with van der Waals surface area (Å²) in [4.78, 5) is 24.1. The number of sulfonamides is 1. The molecule has 0 aliphatic carbocycles. The number of amides is 4. The van der Waals surface area contributed by atoms with E-state index in [1.165, 1.54) is 18.2 Å². The molecule has 0 bridgehead atoms. The molecule has 3 aromatic carbocycles. The molecule has 4 amide bonds. The van der Waals surface area contributed by atoms with Crippen LogP contribution in [0.1, 0.15) is 16.7 Å². The van der Waals surface area contributed by atoms with Gasteiger partial charge in [0.25, 0.3) is 10.0 Å². The van der Waals surface area contributed by atoms with E-state index < -0.39 is 27.9 Å². The van der Waals surface area contributed by atoms with Crippen molar-refractivity contribution in [2.75, 3.05) is 17.2 Å². The molecule has 3 rings (SSSR count). The Hall–Kier alpha value is -3.92. The molecular formula is C24H25FN4O4S. The maximum atomic E-state index is 13.6. The van der Waals surface area contributed by atoms with Crippen LogP contribution in [0.3, 0.4) is 0 Å². The van der Waals surface area contributed by atoms with Crippen LogP contribution in [-0.4, -0.2) is 27.0 Å². The molecule has 0 fully saturated rings. The van der Waals surface area contributed by atoms with Gasteiger partial charge < -0.3 is 16.0 Å². The Bertz CT molecular complexity index is 1280. The molecule has 10 heteroatoms. The van der Waals surface area contributed by atoms with E-state index in [4.69, 9.17) is 0 Å². The Kier molecular flexibility index (Phi) is 7.85. The summed E-state index contributed by atoms with van der Waals surface area (Å²) in [5.74, 6) is -0.405. The number of anilines is 2. The number of rotatable bonds is 7. The fourth-order valence-electron chi connectivity index (χ4n) is 2.97. The van der Waals surface area contributed by atoms with Crippen molar-refractivity contribution < 1.29 is 22.4 Å². The maximum Gasteiger partial charge on any atom is 0.328 e. The van der Waals surface area contributed by atoms with Crippen LogP contribution < -0.4 is 20.7 Å². The number of urea groups is 2. The van der Waals surface area contributed by atoms with E-state index in [0.717, 1.165) is 11.1 Å². The first-order valence-electron chi connectivity index (χ1n) is 10.4. The summed E-state index contributed by atoms with van der Waals surface area (Å²) in [6, 6.07) is 16.2. The van der Waals surface area contributed by atoms with Crippen molar-refractivity contribution in [3.8, 4) is 0 Å². The molecule has 0 radical (unpaired) electrons. The lowest BCUT2D eigenvalue weighted by Gasteiger charge is -2.10. The van der Waals surface area contributed by atoms with Crippen molar-refractivity contribution in [2.45, 2.75) is 25.2 Å². The highest BCUT2D eigenvalue weighted by molar-refractivity contribution is 7.90. The lowest BCUT2D eigenvalue weighted by atomic mass is 10.1. The van der Waals surface area contributed by atoms with Crippen molar-refractivity contribution >= 4 is 33.5 Å². The van der Waals surface area contributed by atoms with Gasteiger partial charge in [-0.05, 0) is 67.8 Å². The Morgan fingerprint density at radius 3 is 2.09 bits per heavy atom. The van der Waals surface area contributed by atoms with Gasteiger partial charge in [-0.2, -0.15) is 0 Å². The van der Waals surface area contributed by atoms with Crippen LogP contribution in [0, 0.1) is 19.7 Å². The van der Waals surface area contributed by atoms with Crippen LogP contribution in [-0.2, 0) is 16.4 Å². The summed E-state index contributed by atoms with van der Waals surface area (Å²) < 4.78 is 40.0. The van der Waals surface area contributed by atoms with Gasteiger partial charge in [-0.1, -0.05) is 35.9 Å². The van der Waals surface area contributed by atoms with E-state index in [2.05, 4.69) is 16.0 Å². The normalized spacial score (nSPS) is 10.9. The van der Waals surface area contributed by atoms with E-state index >= 15 is 0 Å². The lowest BCUT2D eigenvalue weighted by molar-refractivity contribution is 0.246. The van der Waals surface area contributed by atoms with Crippen molar-refractivity contribution in [1.29, 1.82) is 0 Å². The van der Waals surface area contributed by atoms with E-state index in [0.29, 0.717) is 23.4 Å². The molecule has 0 aromatic heterocycles. The predicted molar refractivity (Wildman–Crippen MR) is 129 cm³/mol. The third kappa shape index (κ3) is 7.04. The van der Waals surface area contributed by atoms with Gasteiger partial charge in [0, 0.05) is 17.9 Å². The fraction of sp³-hybridized carbons (Fsp3) is 0.167. The third-order valence-electron chi connectivity index (χ3n) is 4.90. The standard InChI is InChI=1S/C24H25FN4O4S/c1-16-3-11-21(12-4-16)34(32,33)29-23(30)26-14-13-18-6-9-19(10-7-18)27-24(31)28-20-8-5-17(2)22(25)15-20/h3-12,15H,13-14H2,1-2H3,(H2,26,29,30)(H2,27,28,31). The summed E-state index contributed by atoms with van der Waals surface area (Å²) in [6.07, 6.45) is 0.452. The van der Waals surface area contributed by atoms with Crippen molar-refractivity contribution in [1.82, 2.24) is 10.0 Å². The Morgan fingerprint density at radius 1 is 0.824 bits per heavy atom. The minimum Gasteiger partial charge on any atom is -0.337 e. The minimum absolute atomic E-state index is 0.00730. The first kappa shape index (κ1) is 24.7. The maximum absolute atomic E-state index is 13.6. The molecule has 0 aliphatic rings. The van der Waals surface area contributed by atoms with Gasteiger partial charge in [-0.15, -0.1) is 0 Å². The topological polar surface area (TPSA) is 116 Å². The van der Waals surface area contributed by atoms with Gasteiger partial charge in [-0.3, -0.25) is 0 Å². The molecule has 34 heavy (non-hydrogen) atoms. The van der Waals surface area contributed by atoms with Gasteiger partial charge >= 0.3 is 12.1 Å². The van der Waals surface area contributed by atoms with Crippen LogP contribution in [0.25, 0.3) is 0 Å². The highest BCUT2D eigenvalue weighted by atomic mass is 32.2. The van der Waals surface area contributed by atoms with Gasteiger partial charge in [0.2, 0.25) is 0 Å². The molecule has 0 saturated heterocycles. The third-order valence-corrected chi connectivity index (χ3v) is 6.25. The number of carbonyl (C=O) groups excluding carboxylic acids is 2. The predicted octanol–water partition coefficient (Wildman–Crippen LogP) is 4.32. The molecule has 0 unspecified atom stereocenters. The van der Waals surface area contributed by atoms with Crippen molar-refractivity contribution in [3.05, 3.63) is 89.2 Å². The molecule has 4 N–H and O–H groups in total. The SMILES string of the molecule is Cc1ccc(S(=O)(=O)NC(=O)NCCc2ccc(NC(=O)Nc3ccc(C)c(F)c3)cc2)cc1. The van der Waals surface area contributed by atoms with Crippen LogP contribution in [0.5, 0.6) is 0 Å². The minimum atomic E-state index is -3.94. The van der Waals surface area contributed by atoms with E-state index in [1.807, 2.05) is 11.6 Å². The molecule has 178 valence electrons. The monoisotopic (exact) mass is 484 g/mol. The Balaban J connectivity index is 1.44. The second-order valence-corrected chi connectivity index (χ2v) is 9.35.